The van der Waals surface area contributed by atoms with Crippen molar-refractivity contribution in [1.82, 2.24) is 0 Å². The largest absolute Gasteiger partial charge is 0.383 e. The highest BCUT2D eigenvalue weighted by atomic mass is 16.6. The zero-order valence-corrected chi connectivity index (χ0v) is 7.07. The van der Waals surface area contributed by atoms with Gasteiger partial charge in [0.2, 0.25) is 0 Å². The van der Waals surface area contributed by atoms with E-state index < -0.39 is 4.92 Å². The van der Waals surface area contributed by atoms with Gasteiger partial charge in [-0.2, -0.15) is 0 Å². The topological polar surface area (TPSA) is 93.0 Å². The SMILES string of the molecule is Cc1ccc([N+](=O)[O-])c(C(=N)N)c1. The van der Waals surface area contributed by atoms with Gasteiger partial charge in [0.25, 0.3) is 5.69 Å². The van der Waals surface area contributed by atoms with Crippen LogP contribution < -0.4 is 5.73 Å². The van der Waals surface area contributed by atoms with E-state index >= 15 is 0 Å². The highest BCUT2D eigenvalue weighted by Crippen LogP contribution is 2.18. The third-order valence-corrected chi connectivity index (χ3v) is 1.64. The van der Waals surface area contributed by atoms with E-state index in [0.717, 1.165) is 5.56 Å². The number of nitro benzene ring substituents is 1. The molecule has 0 radical (unpaired) electrons. The molecule has 0 saturated heterocycles. The van der Waals surface area contributed by atoms with Crippen LogP contribution >= 0.6 is 0 Å². The maximum Gasteiger partial charge on any atom is 0.280 e. The smallest absolute Gasteiger partial charge is 0.280 e. The molecule has 0 unspecified atom stereocenters. The molecule has 0 heterocycles. The summed E-state index contributed by atoms with van der Waals surface area (Å²) in [4.78, 5) is 9.95. The number of hydrogen-bond donors (Lipinski definition) is 2. The number of nitrogens with two attached hydrogens (primary N) is 1. The summed E-state index contributed by atoms with van der Waals surface area (Å²) < 4.78 is 0. The molecule has 68 valence electrons. The molecule has 0 atom stereocenters. The lowest BCUT2D eigenvalue weighted by molar-refractivity contribution is -0.385. The molecular formula is C8H9N3O2. The Morgan fingerprint density at radius 1 is 1.62 bits per heavy atom. The lowest BCUT2D eigenvalue weighted by Gasteiger charge is -2.01. The van der Waals surface area contributed by atoms with Gasteiger partial charge in [0.15, 0.2) is 0 Å². The maximum absolute atomic E-state index is 10.5. The predicted molar refractivity (Wildman–Crippen MR) is 48.8 cm³/mol. The fraction of sp³-hybridized carbons (Fsp3) is 0.125. The molecule has 1 aromatic rings. The van der Waals surface area contributed by atoms with E-state index in [1.807, 2.05) is 0 Å². The van der Waals surface area contributed by atoms with Crippen LogP contribution in [0.5, 0.6) is 0 Å². The Labute approximate surface area is 74.8 Å². The fourth-order valence-corrected chi connectivity index (χ4v) is 1.02. The van der Waals surface area contributed by atoms with Gasteiger partial charge >= 0.3 is 0 Å². The predicted octanol–water partition coefficient (Wildman–Crippen LogP) is 1.19. The Hall–Kier alpha value is -1.91. The van der Waals surface area contributed by atoms with E-state index in [0.29, 0.717) is 0 Å². The van der Waals surface area contributed by atoms with Gasteiger partial charge in [-0.15, -0.1) is 0 Å². The molecule has 5 heteroatoms. The molecule has 0 fully saturated rings. The number of amidine groups is 1. The monoisotopic (exact) mass is 179 g/mol. The molecule has 0 bridgehead atoms. The van der Waals surface area contributed by atoms with Crippen LogP contribution in [-0.4, -0.2) is 10.8 Å². The van der Waals surface area contributed by atoms with E-state index in [1.54, 1.807) is 13.0 Å². The van der Waals surface area contributed by atoms with Crippen molar-refractivity contribution in [3.05, 3.63) is 39.4 Å². The first kappa shape index (κ1) is 9.18. The minimum atomic E-state index is -0.545. The van der Waals surface area contributed by atoms with Crippen molar-refractivity contribution >= 4 is 11.5 Å². The van der Waals surface area contributed by atoms with E-state index in [4.69, 9.17) is 11.1 Å². The number of nitro groups is 1. The first-order chi connectivity index (χ1) is 6.02. The molecular weight excluding hydrogens is 170 g/mol. The second-order valence-corrected chi connectivity index (χ2v) is 2.69. The quantitative estimate of drug-likeness (QED) is 0.309. The average Bonchev–Trinajstić information content (AvgIpc) is 2.03. The van der Waals surface area contributed by atoms with Crippen molar-refractivity contribution in [1.29, 1.82) is 5.41 Å². The normalized spacial score (nSPS) is 9.62. The summed E-state index contributed by atoms with van der Waals surface area (Å²) in [6.45, 7) is 1.79. The van der Waals surface area contributed by atoms with Crippen LogP contribution in [-0.2, 0) is 0 Å². The first-order valence-electron chi connectivity index (χ1n) is 3.62. The molecule has 1 rings (SSSR count). The van der Waals surface area contributed by atoms with E-state index in [2.05, 4.69) is 0 Å². The van der Waals surface area contributed by atoms with Gasteiger partial charge in [-0.05, 0) is 18.6 Å². The summed E-state index contributed by atoms with van der Waals surface area (Å²) in [7, 11) is 0. The van der Waals surface area contributed by atoms with Crippen molar-refractivity contribution in [2.24, 2.45) is 5.73 Å². The van der Waals surface area contributed by atoms with Gasteiger partial charge in [0, 0.05) is 6.07 Å². The Balaban J connectivity index is 3.35. The van der Waals surface area contributed by atoms with Crippen LogP contribution in [0, 0.1) is 22.4 Å². The Bertz CT molecular complexity index is 374. The van der Waals surface area contributed by atoms with E-state index in [1.165, 1.54) is 12.1 Å². The van der Waals surface area contributed by atoms with Gasteiger partial charge in [-0.1, -0.05) is 6.07 Å². The second-order valence-electron chi connectivity index (χ2n) is 2.69. The van der Waals surface area contributed by atoms with Crippen molar-refractivity contribution in [2.75, 3.05) is 0 Å². The second kappa shape index (κ2) is 3.22. The summed E-state index contributed by atoms with van der Waals surface area (Å²) in [5.41, 5.74) is 6.09. The number of aryl methyl sites for hydroxylation is 1. The highest BCUT2D eigenvalue weighted by Gasteiger charge is 2.14. The third-order valence-electron chi connectivity index (χ3n) is 1.64. The van der Waals surface area contributed by atoms with Gasteiger partial charge in [0.05, 0.1) is 10.5 Å². The average molecular weight is 179 g/mol. The Morgan fingerprint density at radius 2 is 2.23 bits per heavy atom. The van der Waals surface area contributed by atoms with Gasteiger partial charge in [-0.3, -0.25) is 15.5 Å². The molecule has 0 aromatic heterocycles. The Morgan fingerprint density at radius 3 is 2.69 bits per heavy atom. The summed E-state index contributed by atoms with van der Waals surface area (Å²) in [6.07, 6.45) is 0. The number of nitrogens with zero attached hydrogens (tertiary/aromatic N) is 1. The molecule has 0 amide bonds. The van der Waals surface area contributed by atoms with E-state index in [-0.39, 0.29) is 17.1 Å². The lowest BCUT2D eigenvalue weighted by atomic mass is 10.1. The third kappa shape index (κ3) is 1.81. The summed E-state index contributed by atoms with van der Waals surface area (Å²) in [5, 5.41) is 17.6. The number of rotatable bonds is 2. The molecule has 0 saturated carbocycles. The van der Waals surface area contributed by atoms with Crippen molar-refractivity contribution < 1.29 is 4.92 Å². The van der Waals surface area contributed by atoms with Crippen molar-refractivity contribution in [3.63, 3.8) is 0 Å². The lowest BCUT2D eigenvalue weighted by Crippen LogP contribution is -2.13. The number of hydrogen-bond acceptors (Lipinski definition) is 3. The zero-order chi connectivity index (χ0) is 10.0. The summed E-state index contributed by atoms with van der Waals surface area (Å²) >= 11 is 0. The summed E-state index contributed by atoms with van der Waals surface area (Å²) in [5.74, 6) is -0.282. The van der Waals surface area contributed by atoms with Crippen molar-refractivity contribution in [2.45, 2.75) is 6.92 Å². The molecule has 3 N–H and O–H groups in total. The molecule has 0 aliphatic carbocycles. The fourth-order valence-electron chi connectivity index (χ4n) is 1.02. The minimum absolute atomic E-state index is 0.127. The molecule has 5 nitrogen and oxygen atoms in total. The maximum atomic E-state index is 10.5. The first-order valence-corrected chi connectivity index (χ1v) is 3.62. The van der Waals surface area contributed by atoms with Crippen molar-refractivity contribution in [3.8, 4) is 0 Å². The van der Waals surface area contributed by atoms with Crippen LogP contribution in [0.3, 0.4) is 0 Å². The number of benzene rings is 1. The summed E-state index contributed by atoms with van der Waals surface area (Å²) in [6, 6.07) is 4.50. The van der Waals surface area contributed by atoms with Gasteiger partial charge < -0.3 is 5.73 Å². The molecule has 13 heavy (non-hydrogen) atoms. The standard InChI is InChI=1S/C8H9N3O2/c1-5-2-3-7(11(12)13)6(4-5)8(9)10/h2-4H,1H3,(H3,9,10). The molecule has 0 aliphatic rings. The highest BCUT2D eigenvalue weighted by molar-refractivity contribution is 5.98. The van der Waals surface area contributed by atoms with Crippen LogP contribution in [0.4, 0.5) is 5.69 Å². The molecule has 0 aliphatic heterocycles. The van der Waals surface area contributed by atoms with Crippen LogP contribution in [0.15, 0.2) is 18.2 Å². The minimum Gasteiger partial charge on any atom is -0.383 e. The van der Waals surface area contributed by atoms with Gasteiger partial charge in [0.1, 0.15) is 5.84 Å². The van der Waals surface area contributed by atoms with Gasteiger partial charge in [-0.25, -0.2) is 0 Å². The number of nitrogens with one attached hydrogen (secondary N) is 1. The Kier molecular flexibility index (Phi) is 2.27. The van der Waals surface area contributed by atoms with E-state index in [9.17, 15) is 10.1 Å². The van der Waals surface area contributed by atoms with Crippen LogP contribution in [0.25, 0.3) is 0 Å². The molecule has 0 spiro atoms. The van der Waals surface area contributed by atoms with Crippen LogP contribution in [0.2, 0.25) is 0 Å². The zero-order valence-electron chi connectivity index (χ0n) is 7.07. The number of nitrogen functional groups attached to an aromatic ring is 1. The van der Waals surface area contributed by atoms with Crippen LogP contribution in [0.1, 0.15) is 11.1 Å². The molecule has 1 aromatic carbocycles.